The first-order chi connectivity index (χ1) is 11.3. The largest absolute Gasteiger partial charge is 0.495 e. The molecule has 4 rings (SSSR count). The van der Waals surface area contributed by atoms with E-state index in [1.54, 1.807) is 7.11 Å². The van der Waals surface area contributed by atoms with Gasteiger partial charge in [-0.25, -0.2) is 4.79 Å². The summed E-state index contributed by atoms with van der Waals surface area (Å²) >= 11 is 0. The minimum atomic E-state index is -0.393. The zero-order valence-electron chi connectivity index (χ0n) is 12.6. The third-order valence-corrected chi connectivity index (χ3v) is 4.02. The van der Waals surface area contributed by atoms with Crippen LogP contribution >= 0.6 is 0 Å². The van der Waals surface area contributed by atoms with E-state index in [0.717, 1.165) is 21.7 Å². The quantitative estimate of drug-likeness (QED) is 0.400. The van der Waals surface area contributed by atoms with Crippen molar-refractivity contribution in [3.8, 4) is 16.9 Å². The fraction of sp³-hybridized carbons (Fsp3) is 0.0500. The van der Waals surface area contributed by atoms with Gasteiger partial charge in [0, 0.05) is 0 Å². The van der Waals surface area contributed by atoms with Crippen LogP contribution in [0.5, 0.6) is 5.75 Å². The van der Waals surface area contributed by atoms with Crippen LogP contribution in [0, 0.1) is 0 Å². The monoisotopic (exact) mass is 302 g/mol. The molecule has 23 heavy (non-hydrogen) atoms. The molecule has 4 aromatic rings. The predicted molar refractivity (Wildman–Crippen MR) is 92.0 cm³/mol. The van der Waals surface area contributed by atoms with Crippen LogP contribution in [0.4, 0.5) is 0 Å². The molecule has 3 heteroatoms. The number of fused-ring (bicyclic) bond motifs is 3. The number of ether oxygens (including phenoxy) is 1. The second-order valence-electron chi connectivity index (χ2n) is 5.32. The maximum absolute atomic E-state index is 12.5. The van der Waals surface area contributed by atoms with Crippen molar-refractivity contribution in [3.63, 3.8) is 0 Å². The molecule has 0 saturated heterocycles. The molecule has 0 bridgehead atoms. The maximum Gasteiger partial charge on any atom is 0.347 e. The molecule has 0 radical (unpaired) electrons. The average Bonchev–Trinajstić information content (AvgIpc) is 2.61. The van der Waals surface area contributed by atoms with Crippen LogP contribution in [-0.2, 0) is 0 Å². The second-order valence-corrected chi connectivity index (χ2v) is 5.32. The summed E-state index contributed by atoms with van der Waals surface area (Å²) in [6.07, 6.45) is 0. The summed E-state index contributed by atoms with van der Waals surface area (Å²) in [4.78, 5) is 12.5. The molecule has 0 aliphatic heterocycles. The van der Waals surface area contributed by atoms with Crippen LogP contribution < -0.4 is 10.4 Å². The van der Waals surface area contributed by atoms with Gasteiger partial charge < -0.3 is 9.15 Å². The lowest BCUT2D eigenvalue weighted by Gasteiger charge is -2.12. The van der Waals surface area contributed by atoms with Crippen molar-refractivity contribution < 1.29 is 9.15 Å². The molecule has 0 atom stereocenters. The zero-order chi connectivity index (χ0) is 15.8. The predicted octanol–water partition coefficient (Wildman–Crippen LogP) is 4.62. The Hall–Kier alpha value is -3.07. The molecule has 0 saturated carbocycles. The first kappa shape index (κ1) is 13.6. The van der Waals surface area contributed by atoms with E-state index in [1.807, 2.05) is 66.7 Å². The van der Waals surface area contributed by atoms with Crippen molar-refractivity contribution in [3.05, 3.63) is 77.2 Å². The minimum absolute atomic E-state index is 0.393. The van der Waals surface area contributed by atoms with E-state index < -0.39 is 5.63 Å². The van der Waals surface area contributed by atoms with Gasteiger partial charge in [0.15, 0.2) is 0 Å². The highest BCUT2D eigenvalue weighted by Crippen LogP contribution is 2.37. The van der Waals surface area contributed by atoms with E-state index in [9.17, 15) is 4.79 Å². The lowest BCUT2D eigenvalue weighted by Crippen LogP contribution is -2.06. The number of methoxy groups -OCH3 is 1. The summed E-state index contributed by atoms with van der Waals surface area (Å²) in [5, 5.41) is 2.90. The van der Waals surface area contributed by atoms with Crippen molar-refractivity contribution in [2.75, 3.05) is 7.11 Å². The Morgan fingerprint density at radius 3 is 2.39 bits per heavy atom. The summed E-state index contributed by atoms with van der Waals surface area (Å²) in [6, 6.07) is 21.2. The van der Waals surface area contributed by atoms with Crippen LogP contribution in [0.3, 0.4) is 0 Å². The molecule has 0 unspecified atom stereocenters. The molecule has 1 aromatic heterocycles. The normalized spacial score (nSPS) is 11.0. The topological polar surface area (TPSA) is 39.4 Å². The van der Waals surface area contributed by atoms with E-state index in [0.29, 0.717) is 16.9 Å². The maximum atomic E-state index is 12.5. The summed E-state index contributed by atoms with van der Waals surface area (Å²) in [5.41, 5.74) is 1.38. The van der Waals surface area contributed by atoms with Crippen molar-refractivity contribution in [2.24, 2.45) is 0 Å². The van der Waals surface area contributed by atoms with Gasteiger partial charge in [0.05, 0.1) is 12.5 Å². The highest BCUT2D eigenvalue weighted by molar-refractivity contribution is 6.10. The molecule has 0 fully saturated rings. The molecule has 0 aliphatic rings. The molecule has 112 valence electrons. The SMILES string of the molecule is COc1c(-c2ccccc2)c(=O)oc2ccc3ccccc3c12. The van der Waals surface area contributed by atoms with Gasteiger partial charge in [-0.1, -0.05) is 60.7 Å². The molecule has 3 aromatic carbocycles. The minimum Gasteiger partial charge on any atom is -0.495 e. The van der Waals surface area contributed by atoms with E-state index in [1.165, 1.54) is 0 Å². The molecule has 0 aliphatic carbocycles. The molecular weight excluding hydrogens is 288 g/mol. The fourth-order valence-electron chi connectivity index (χ4n) is 3.00. The lowest BCUT2D eigenvalue weighted by molar-refractivity contribution is 0.416. The zero-order valence-corrected chi connectivity index (χ0v) is 12.6. The number of benzene rings is 3. The second kappa shape index (κ2) is 5.29. The third-order valence-electron chi connectivity index (χ3n) is 4.02. The van der Waals surface area contributed by atoms with Crippen molar-refractivity contribution in [2.45, 2.75) is 0 Å². The third kappa shape index (κ3) is 2.09. The molecule has 0 spiro atoms. The van der Waals surface area contributed by atoms with Gasteiger partial charge in [-0.05, 0) is 22.4 Å². The average molecular weight is 302 g/mol. The van der Waals surface area contributed by atoms with Crippen LogP contribution in [0.1, 0.15) is 0 Å². The van der Waals surface area contributed by atoms with E-state index >= 15 is 0 Å². The highest BCUT2D eigenvalue weighted by Gasteiger charge is 2.18. The van der Waals surface area contributed by atoms with Gasteiger partial charge in [0.1, 0.15) is 16.9 Å². The molecule has 3 nitrogen and oxygen atoms in total. The lowest BCUT2D eigenvalue weighted by atomic mass is 10.0. The Bertz CT molecular complexity index is 1060. The Kier molecular flexibility index (Phi) is 3.12. The van der Waals surface area contributed by atoms with Crippen molar-refractivity contribution in [1.82, 2.24) is 0 Å². The van der Waals surface area contributed by atoms with Crippen LogP contribution in [-0.4, -0.2) is 7.11 Å². The van der Waals surface area contributed by atoms with Gasteiger partial charge in [-0.3, -0.25) is 0 Å². The van der Waals surface area contributed by atoms with Crippen molar-refractivity contribution in [1.29, 1.82) is 0 Å². The first-order valence-electron chi connectivity index (χ1n) is 7.37. The van der Waals surface area contributed by atoms with Crippen LogP contribution in [0.2, 0.25) is 0 Å². The highest BCUT2D eigenvalue weighted by atomic mass is 16.5. The fourth-order valence-corrected chi connectivity index (χ4v) is 3.00. The molecule has 0 N–H and O–H groups in total. The van der Waals surface area contributed by atoms with Gasteiger partial charge in [-0.2, -0.15) is 0 Å². The van der Waals surface area contributed by atoms with Crippen LogP contribution in [0.15, 0.2) is 75.9 Å². The van der Waals surface area contributed by atoms with E-state index in [2.05, 4.69) is 0 Å². The van der Waals surface area contributed by atoms with Gasteiger partial charge in [-0.15, -0.1) is 0 Å². The van der Waals surface area contributed by atoms with E-state index in [4.69, 9.17) is 9.15 Å². The van der Waals surface area contributed by atoms with Crippen LogP contribution in [0.25, 0.3) is 32.9 Å². The Morgan fingerprint density at radius 1 is 0.870 bits per heavy atom. The number of hydrogen-bond donors (Lipinski definition) is 0. The number of hydrogen-bond acceptors (Lipinski definition) is 3. The standard InChI is InChI=1S/C20H14O3/c1-22-19-17(14-8-3-2-4-9-14)20(21)23-16-12-11-13-7-5-6-10-15(13)18(16)19/h2-12H,1H3. The van der Waals surface area contributed by atoms with Gasteiger partial charge in [0.25, 0.3) is 0 Å². The molecule has 0 amide bonds. The first-order valence-corrected chi connectivity index (χ1v) is 7.37. The molecular formula is C20H14O3. The summed E-state index contributed by atoms with van der Waals surface area (Å²) in [5.74, 6) is 0.555. The van der Waals surface area contributed by atoms with Gasteiger partial charge >= 0.3 is 5.63 Å². The number of rotatable bonds is 2. The summed E-state index contributed by atoms with van der Waals surface area (Å²) in [7, 11) is 1.59. The van der Waals surface area contributed by atoms with E-state index in [-0.39, 0.29) is 0 Å². The Labute approximate surface area is 132 Å². The van der Waals surface area contributed by atoms with Gasteiger partial charge in [0.2, 0.25) is 0 Å². The van der Waals surface area contributed by atoms with Crippen molar-refractivity contribution >= 4 is 21.7 Å². The Morgan fingerprint density at radius 2 is 1.61 bits per heavy atom. The summed E-state index contributed by atoms with van der Waals surface area (Å²) in [6.45, 7) is 0. The summed E-state index contributed by atoms with van der Waals surface area (Å²) < 4.78 is 11.2. The smallest absolute Gasteiger partial charge is 0.347 e. The molecule has 1 heterocycles. The Balaban J connectivity index is 2.22.